The molecule has 0 atom stereocenters. The standard InChI is InChI=1S/C21H26N2O3S/c1-15-6-9-23(10-7-15)11-8-22-21(24)20-5-4-19(27-20)16-2-3-17-18(14-16)26-13-12-25-17/h2-5,14-15H,6-13H2,1H3,(H,22,24). The lowest BCUT2D eigenvalue weighted by Gasteiger charge is -2.30. The van der Waals surface area contributed by atoms with E-state index in [0.29, 0.717) is 19.8 Å². The Hall–Kier alpha value is -2.05. The highest BCUT2D eigenvalue weighted by Crippen LogP contribution is 2.36. The predicted octanol–water partition coefficient (Wildman–Crippen LogP) is 3.65. The second-order valence-electron chi connectivity index (χ2n) is 7.30. The summed E-state index contributed by atoms with van der Waals surface area (Å²) >= 11 is 1.51. The van der Waals surface area contributed by atoms with Crippen LogP contribution in [0.1, 0.15) is 29.4 Å². The van der Waals surface area contributed by atoms with Crippen LogP contribution in [0.25, 0.3) is 10.4 Å². The maximum atomic E-state index is 12.5. The molecule has 2 aliphatic rings. The number of hydrogen-bond donors (Lipinski definition) is 1. The lowest BCUT2D eigenvalue weighted by molar-refractivity contribution is 0.0948. The summed E-state index contributed by atoms with van der Waals surface area (Å²) in [5.74, 6) is 2.40. The van der Waals surface area contributed by atoms with Gasteiger partial charge in [-0.05, 0) is 67.7 Å². The van der Waals surface area contributed by atoms with Crippen LogP contribution in [-0.2, 0) is 0 Å². The summed E-state index contributed by atoms with van der Waals surface area (Å²) in [6.07, 6.45) is 2.52. The van der Waals surface area contributed by atoms with Crippen molar-refractivity contribution in [2.24, 2.45) is 5.92 Å². The first kappa shape index (κ1) is 18.3. The number of ether oxygens (including phenoxy) is 2. The van der Waals surface area contributed by atoms with Crippen LogP contribution in [0.15, 0.2) is 30.3 Å². The summed E-state index contributed by atoms with van der Waals surface area (Å²) in [5.41, 5.74) is 1.05. The molecule has 1 fully saturated rings. The second kappa shape index (κ2) is 8.31. The molecule has 0 radical (unpaired) electrons. The van der Waals surface area contributed by atoms with Crippen LogP contribution in [-0.4, -0.2) is 50.2 Å². The van der Waals surface area contributed by atoms with E-state index in [9.17, 15) is 4.79 Å². The van der Waals surface area contributed by atoms with Crippen LogP contribution in [0.2, 0.25) is 0 Å². The molecular weight excluding hydrogens is 360 g/mol. The zero-order chi connectivity index (χ0) is 18.6. The van der Waals surface area contributed by atoms with Gasteiger partial charge in [-0.2, -0.15) is 0 Å². The van der Waals surface area contributed by atoms with Gasteiger partial charge < -0.3 is 19.7 Å². The number of carbonyl (C=O) groups excluding carboxylic acids is 1. The van der Waals surface area contributed by atoms with Gasteiger partial charge in [0, 0.05) is 18.0 Å². The third-order valence-electron chi connectivity index (χ3n) is 5.25. The van der Waals surface area contributed by atoms with E-state index >= 15 is 0 Å². The normalized spacial score (nSPS) is 17.7. The zero-order valence-electron chi connectivity index (χ0n) is 15.7. The molecule has 1 N–H and O–H groups in total. The molecule has 1 amide bonds. The molecule has 2 aromatic rings. The fourth-order valence-electron chi connectivity index (χ4n) is 3.51. The smallest absolute Gasteiger partial charge is 0.261 e. The number of piperidine rings is 1. The summed E-state index contributed by atoms with van der Waals surface area (Å²) < 4.78 is 11.2. The van der Waals surface area contributed by atoms with Crippen molar-refractivity contribution in [3.8, 4) is 21.9 Å². The molecule has 5 nitrogen and oxygen atoms in total. The van der Waals surface area contributed by atoms with Gasteiger partial charge in [-0.3, -0.25) is 4.79 Å². The number of fused-ring (bicyclic) bond motifs is 1. The number of benzene rings is 1. The summed E-state index contributed by atoms with van der Waals surface area (Å²) in [7, 11) is 0. The fourth-order valence-corrected chi connectivity index (χ4v) is 4.43. The van der Waals surface area contributed by atoms with Crippen molar-refractivity contribution in [2.75, 3.05) is 39.4 Å². The Bertz CT molecular complexity index is 796. The highest BCUT2D eigenvalue weighted by Gasteiger charge is 2.17. The molecule has 1 aromatic heterocycles. The van der Waals surface area contributed by atoms with Crippen LogP contribution in [0.3, 0.4) is 0 Å². The predicted molar refractivity (Wildman–Crippen MR) is 108 cm³/mol. The SMILES string of the molecule is CC1CCN(CCNC(=O)c2ccc(-c3ccc4c(c3)OCCO4)s2)CC1. The first-order chi connectivity index (χ1) is 13.2. The minimum Gasteiger partial charge on any atom is -0.486 e. The minimum absolute atomic E-state index is 0.00849. The zero-order valence-corrected chi connectivity index (χ0v) is 16.5. The molecule has 0 aliphatic carbocycles. The molecule has 4 rings (SSSR count). The Morgan fingerprint density at radius 2 is 1.93 bits per heavy atom. The molecule has 0 bridgehead atoms. The Balaban J connectivity index is 1.32. The van der Waals surface area contributed by atoms with E-state index in [1.54, 1.807) is 0 Å². The van der Waals surface area contributed by atoms with Crippen LogP contribution < -0.4 is 14.8 Å². The highest BCUT2D eigenvalue weighted by atomic mass is 32.1. The van der Waals surface area contributed by atoms with E-state index in [4.69, 9.17) is 9.47 Å². The molecule has 0 unspecified atom stereocenters. The number of thiophene rings is 1. The molecule has 144 valence electrons. The Labute approximate surface area is 164 Å². The number of rotatable bonds is 5. The van der Waals surface area contributed by atoms with Crippen LogP contribution >= 0.6 is 11.3 Å². The average molecular weight is 387 g/mol. The van der Waals surface area contributed by atoms with Gasteiger partial charge in [0.2, 0.25) is 0 Å². The van der Waals surface area contributed by atoms with E-state index in [2.05, 4.69) is 17.1 Å². The van der Waals surface area contributed by atoms with Crippen LogP contribution in [0.4, 0.5) is 0 Å². The highest BCUT2D eigenvalue weighted by molar-refractivity contribution is 7.17. The monoisotopic (exact) mass is 386 g/mol. The molecule has 0 saturated carbocycles. The lowest BCUT2D eigenvalue weighted by Crippen LogP contribution is -2.39. The summed E-state index contributed by atoms with van der Waals surface area (Å²) in [6.45, 7) is 7.39. The first-order valence-corrected chi connectivity index (χ1v) is 10.5. The largest absolute Gasteiger partial charge is 0.486 e. The van der Waals surface area contributed by atoms with Crippen molar-refractivity contribution in [1.82, 2.24) is 10.2 Å². The van der Waals surface area contributed by atoms with Gasteiger partial charge in [-0.25, -0.2) is 0 Å². The number of nitrogens with zero attached hydrogens (tertiary/aromatic N) is 1. The molecule has 2 aliphatic heterocycles. The van der Waals surface area contributed by atoms with Gasteiger partial charge in [0.15, 0.2) is 11.5 Å². The van der Waals surface area contributed by atoms with Gasteiger partial charge in [0.25, 0.3) is 5.91 Å². The molecule has 1 aromatic carbocycles. The molecule has 0 spiro atoms. The van der Waals surface area contributed by atoms with Crippen LogP contribution in [0, 0.1) is 5.92 Å². The molecule has 27 heavy (non-hydrogen) atoms. The Morgan fingerprint density at radius 3 is 2.74 bits per heavy atom. The second-order valence-corrected chi connectivity index (χ2v) is 8.39. The Morgan fingerprint density at radius 1 is 1.15 bits per heavy atom. The van der Waals surface area contributed by atoms with Crippen molar-refractivity contribution in [2.45, 2.75) is 19.8 Å². The molecule has 3 heterocycles. The number of hydrogen-bond acceptors (Lipinski definition) is 5. The van der Waals surface area contributed by atoms with Crippen molar-refractivity contribution >= 4 is 17.2 Å². The topological polar surface area (TPSA) is 50.8 Å². The summed E-state index contributed by atoms with van der Waals surface area (Å²) in [6, 6.07) is 9.83. The van der Waals surface area contributed by atoms with Gasteiger partial charge in [0.1, 0.15) is 13.2 Å². The molecule has 1 saturated heterocycles. The van der Waals surface area contributed by atoms with E-state index in [0.717, 1.165) is 52.4 Å². The number of nitrogens with one attached hydrogen (secondary N) is 1. The van der Waals surface area contributed by atoms with Crippen molar-refractivity contribution in [3.63, 3.8) is 0 Å². The van der Waals surface area contributed by atoms with Crippen molar-refractivity contribution in [1.29, 1.82) is 0 Å². The quantitative estimate of drug-likeness (QED) is 0.852. The van der Waals surface area contributed by atoms with Gasteiger partial charge >= 0.3 is 0 Å². The van der Waals surface area contributed by atoms with E-state index in [1.807, 2.05) is 30.3 Å². The van der Waals surface area contributed by atoms with Gasteiger partial charge in [-0.1, -0.05) is 6.92 Å². The molecule has 6 heteroatoms. The fraction of sp³-hybridized carbons (Fsp3) is 0.476. The van der Waals surface area contributed by atoms with Gasteiger partial charge in [-0.15, -0.1) is 11.3 Å². The third kappa shape index (κ3) is 4.45. The maximum absolute atomic E-state index is 12.5. The number of carbonyl (C=O) groups is 1. The van der Waals surface area contributed by atoms with E-state index in [1.165, 1.54) is 24.2 Å². The first-order valence-electron chi connectivity index (χ1n) is 9.69. The van der Waals surface area contributed by atoms with Crippen molar-refractivity contribution in [3.05, 3.63) is 35.2 Å². The van der Waals surface area contributed by atoms with Crippen molar-refractivity contribution < 1.29 is 14.3 Å². The minimum atomic E-state index is 0.00849. The Kier molecular flexibility index (Phi) is 5.64. The number of likely N-dealkylation sites (tertiary alicyclic amines) is 1. The maximum Gasteiger partial charge on any atom is 0.261 e. The summed E-state index contributed by atoms with van der Waals surface area (Å²) in [5, 5.41) is 3.06. The molecular formula is C21H26N2O3S. The van der Waals surface area contributed by atoms with Gasteiger partial charge in [0.05, 0.1) is 4.88 Å². The third-order valence-corrected chi connectivity index (χ3v) is 6.38. The van der Waals surface area contributed by atoms with E-state index < -0.39 is 0 Å². The number of amides is 1. The van der Waals surface area contributed by atoms with Crippen LogP contribution in [0.5, 0.6) is 11.5 Å². The average Bonchev–Trinajstić information content (AvgIpc) is 3.19. The lowest BCUT2D eigenvalue weighted by atomic mass is 9.99. The summed E-state index contributed by atoms with van der Waals surface area (Å²) in [4.78, 5) is 16.7. The van der Waals surface area contributed by atoms with E-state index in [-0.39, 0.29) is 5.91 Å².